The Labute approximate surface area is 106 Å². The minimum absolute atomic E-state index is 0.0279. The van der Waals surface area contributed by atoms with Crippen molar-refractivity contribution in [3.05, 3.63) is 52.0 Å². The highest BCUT2D eigenvalue weighted by Gasteiger charge is 2.22. The van der Waals surface area contributed by atoms with Crippen molar-refractivity contribution < 1.29 is 5.11 Å². The van der Waals surface area contributed by atoms with Crippen molar-refractivity contribution in [1.29, 1.82) is 0 Å². The first kappa shape index (κ1) is 12.3. The standard InChI is InChI=1S/C14H17NOS/c1-3-11-7-9-17-14(11)13(16)10(2)12-6-4-5-8-15-12/h4-10,13,16H,3H2,1-2H3. The average Bonchev–Trinajstić information content (AvgIpc) is 2.86. The zero-order valence-electron chi connectivity index (χ0n) is 10.1. The van der Waals surface area contributed by atoms with Gasteiger partial charge in [0.05, 0.1) is 6.10 Å². The highest BCUT2D eigenvalue weighted by atomic mass is 32.1. The van der Waals surface area contributed by atoms with E-state index in [1.54, 1.807) is 17.5 Å². The summed E-state index contributed by atoms with van der Waals surface area (Å²) in [5, 5.41) is 12.5. The van der Waals surface area contributed by atoms with Crippen LogP contribution in [0.25, 0.3) is 0 Å². The number of hydrogen-bond donors (Lipinski definition) is 1. The summed E-state index contributed by atoms with van der Waals surface area (Å²) in [5.41, 5.74) is 2.18. The van der Waals surface area contributed by atoms with Crippen LogP contribution in [0.3, 0.4) is 0 Å². The van der Waals surface area contributed by atoms with Gasteiger partial charge in [-0.1, -0.05) is 19.9 Å². The Kier molecular flexibility index (Phi) is 3.92. The molecule has 0 spiro atoms. The van der Waals surface area contributed by atoms with Crippen LogP contribution in [0, 0.1) is 0 Å². The highest BCUT2D eigenvalue weighted by molar-refractivity contribution is 7.10. The molecule has 90 valence electrons. The Morgan fingerprint density at radius 3 is 2.82 bits per heavy atom. The molecule has 2 aromatic rings. The van der Waals surface area contributed by atoms with E-state index in [1.807, 2.05) is 30.5 Å². The van der Waals surface area contributed by atoms with Crippen molar-refractivity contribution in [2.24, 2.45) is 0 Å². The van der Waals surface area contributed by atoms with E-state index in [0.717, 1.165) is 17.0 Å². The van der Waals surface area contributed by atoms with Gasteiger partial charge in [0.2, 0.25) is 0 Å². The molecule has 0 aliphatic rings. The molecule has 2 aromatic heterocycles. The topological polar surface area (TPSA) is 33.1 Å². The molecule has 0 aromatic carbocycles. The van der Waals surface area contributed by atoms with E-state index >= 15 is 0 Å². The van der Waals surface area contributed by atoms with Gasteiger partial charge in [0.25, 0.3) is 0 Å². The number of pyridine rings is 1. The average molecular weight is 247 g/mol. The van der Waals surface area contributed by atoms with Crippen LogP contribution < -0.4 is 0 Å². The van der Waals surface area contributed by atoms with E-state index in [1.165, 1.54) is 5.56 Å². The summed E-state index contributed by atoms with van der Waals surface area (Å²) in [6, 6.07) is 7.91. The molecule has 0 saturated heterocycles. The fourth-order valence-electron chi connectivity index (χ4n) is 1.93. The van der Waals surface area contributed by atoms with Crippen LogP contribution in [0.15, 0.2) is 35.8 Å². The highest BCUT2D eigenvalue weighted by Crippen LogP contribution is 2.34. The molecule has 3 heteroatoms. The largest absolute Gasteiger partial charge is 0.387 e. The number of nitrogens with zero attached hydrogens (tertiary/aromatic N) is 1. The van der Waals surface area contributed by atoms with Crippen molar-refractivity contribution in [3.8, 4) is 0 Å². The van der Waals surface area contributed by atoms with Gasteiger partial charge in [0.15, 0.2) is 0 Å². The first-order valence-corrected chi connectivity index (χ1v) is 6.77. The molecular weight excluding hydrogens is 230 g/mol. The van der Waals surface area contributed by atoms with E-state index in [0.29, 0.717) is 0 Å². The number of rotatable bonds is 4. The summed E-state index contributed by atoms with van der Waals surface area (Å²) in [4.78, 5) is 5.38. The predicted molar refractivity (Wildman–Crippen MR) is 71.3 cm³/mol. The number of aliphatic hydroxyl groups is 1. The fourth-order valence-corrected chi connectivity index (χ4v) is 3.02. The van der Waals surface area contributed by atoms with Gasteiger partial charge < -0.3 is 5.11 Å². The van der Waals surface area contributed by atoms with Crippen molar-refractivity contribution >= 4 is 11.3 Å². The van der Waals surface area contributed by atoms with E-state index < -0.39 is 6.10 Å². The van der Waals surface area contributed by atoms with E-state index in [9.17, 15) is 5.11 Å². The first-order valence-electron chi connectivity index (χ1n) is 5.89. The summed E-state index contributed by atoms with van der Waals surface area (Å²) in [5.74, 6) is 0.0279. The molecule has 2 rings (SSSR count). The maximum absolute atomic E-state index is 10.4. The minimum atomic E-state index is -0.458. The maximum Gasteiger partial charge on any atom is 0.0965 e. The molecule has 0 aliphatic carbocycles. The molecule has 0 aliphatic heterocycles. The molecule has 2 atom stereocenters. The molecule has 0 fully saturated rings. The van der Waals surface area contributed by atoms with Crippen LogP contribution in [0.4, 0.5) is 0 Å². The van der Waals surface area contributed by atoms with Gasteiger partial charge in [-0.3, -0.25) is 4.98 Å². The third-order valence-corrected chi connectivity index (χ3v) is 4.09. The van der Waals surface area contributed by atoms with Gasteiger partial charge in [-0.15, -0.1) is 11.3 Å². The van der Waals surface area contributed by atoms with Crippen LogP contribution in [-0.2, 0) is 6.42 Å². The number of thiophene rings is 1. The monoisotopic (exact) mass is 247 g/mol. The Morgan fingerprint density at radius 1 is 1.35 bits per heavy atom. The van der Waals surface area contributed by atoms with Gasteiger partial charge in [-0.05, 0) is 35.6 Å². The van der Waals surface area contributed by atoms with Crippen LogP contribution in [-0.4, -0.2) is 10.1 Å². The van der Waals surface area contributed by atoms with Crippen molar-refractivity contribution in [2.45, 2.75) is 32.3 Å². The van der Waals surface area contributed by atoms with E-state index in [4.69, 9.17) is 0 Å². The number of aromatic nitrogens is 1. The Balaban J connectivity index is 2.23. The second-order valence-electron chi connectivity index (χ2n) is 4.15. The summed E-state index contributed by atoms with van der Waals surface area (Å²) in [6.45, 7) is 4.13. The third-order valence-electron chi connectivity index (χ3n) is 3.06. The van der Waals surface area contributed by atoms with Gasteiger partial charge in [-0.25, -0.2) is 0 Å². The normalized spacial score (nSPS) is 14.5. The van der Waals surface area contributed by atoms with Crippen molar-refractivity contribution in [3.63, 3.8) is 0 Å². The van der Waals surface area contributed by atoms with E-state index in [-0.39, 0.29) is 5.92 Å². The lowest BCUT2D eigenvalue weighted by Crippen LogP contribution is -2.09. The smallest absolute Gasteiger partial charge is 0.0965 e. The zero-order valence-corrected chi connectivity index (χ0v) is 10.9. The summed E-state index contributed by atoms with van der Waals surface area (Å²) >= 11 is 1.63. The molecule has 1 N–H and O–H groups in total. The molecule has 2 unspecified atom stereocenters. The SMILES string of the molecule is CCc1ccsc1C(O)C(C)c1ccccn1. The maximum atomic E-state index is 10.4. The molecule has 0 bridgehead atoms. The quantitative estimate of drug-likeness (QED) is 0.896. The molecule has 0 saturated carbocycles. The van der Waals surface area contributed by atoms with Crippen LogP contribution in [0.1, 0.15) is 42.0 Å². The molecule has 2 heterocycles. The fraction of sp³-hybridized carbons (Fsp3) is 0.357. The molecule has 2 nitrogen and oxygen atoms in total. The lowest BCUT2D eigenvalue weighted by atomic mass is 9.96. The number of hydrogen-bond acceptors (Lipinski definition) is 3. The minimum Gasteiger partial charge on any atom is -0.387 e. The molecule has 0 radical (unpaired) electrons. The Morgan fingerprint density at radius 2 is 2.18 bits per heavy atom. The van der Waals surface area contributed by atoms with Crippen molar-refractivity contribution in [1.82, 2.24) is 4.98 Å². The molecule has 17 heavy (non-hydrogen) atoms. The van der Waals surface area contributed by atoms with Gasteiger partial charge in [0, 0.05) is 22.7 Å². The zero-order chi connectivity index (χ0) is 12.3. The number of aliphatic hydroxyl groups excluding tert-OH is 1. The van der Waals surface area contributed by atoms with Crippen LogP contribution >= 0.6 is 11.3 Å². The Bertz CT molecular complexity index is 466. The summed E-state index contributed by atoms with van der Waals surface area (Å²) in [7, 11) is 0. The van der Waals surface area contributed by atoms with Crippen LogP contribution in [0.5, 0.6) is 0 Å². The Hall–Kier alpha value is -1.19. The predicted octanol–water partition coefficient (Wildman–Crippen LogP) is 3.54. The number of aryl methyl sites for hydroxylation is 1. The second-order valence-corrected chi connectivity index (χ2v) is 5.10. The van der Waals surface area contributed by atoms with Gasteiger partial charge in [-0.2, -0.15) is 0 Å². The summed E-state index contributed by atoms with van der Waals surface area (Å²) < 4.78 is 0. The third kappa shape index (κ3) is 2.56. The second kappa shape index (κ2) is 5.43. The van der Waals surface area contributed by atoms with Crippen LogP contribution in [0.2, 0.25) is 0 Å². The molecular formula is C14H17NOS. The van der Waals surface area contributed by atoms with Crippen molar-refractivity contribution in [2.75, 3.05) is 0 Å². The lowest BCUT2D eigenvalue weighted by Gasteiger charge is -2.18. The van der Waals surface area contributed by atoms with Gasteiger partial charge in [0.1, 0.15) is 0 Å². The first-order chi connectivity index (χ1) is 8.24. The summed E-state index contributed by atoms with van der Waals surface area (Å²) in [6.07, 6.45) is 2.28. The lowest BCUT2D eigenvalue weighted by molar-refractivity contribution is 0.153. The molecule has 0 amide bonds. The van der Waals surface area contributed by atoms with Gasteiger partial charge >= 0.3 is 0 Å². The van der Waals surface area contributed by atoms with E-state index in [2.05, 4.69) is 18.0 Å².